The van der Waals surface area contributed by atoms with Crippen molar-refractivity contribution in [3.63, 3.8) is 0 Å². The van der Waals surface area contributed by atoms with Crippen molar-refractivity contribution in [1.82, 2.24) is 0 Å². The van der Waals surface area contributed by atoms with Gasteiger partial charge in [-0.05, 0) is 25.1 Å². The maximum absolute atomic E-state index is 12.7. The molecule has 1 aliphatic heterocycles. The van der Waals surface area contributed by atoms with Crippen molar-refractivity contribution in [1.29, 1.82) is 5.26 Å². The highest BCUT2D eigenvalue weighted by molar-refractivity contribution is 6.39. The van der Waals surface area contributed by atoms with Gasteiger partial charge in [0.1, 0.15) is 11.8 Å². The number of halogens is 1. The maximum atomic E-state index is 12.7. The number of primary amides is 1. The minimum atomic E-state index is -0.817. The zero-order valence-corrected chi connectivity index (χ0v) is 16.2. The molecule has 0 radical (unpaired) electrons. The highest BCUT2D eigenvalue weighted by Crippen LogP contribution is 2.37. The molecule has 148 valence electrons. The number of esters is 1. The van der Waals surface area contributed by atoms with Gasteiger partial charge in [-0.1, -0.05) is 29.8 Å². The summed E-state index contributed by atoms with van der Waals surface area (Å²) in [5.41, 5.74) is 6.38. The van der Waals surface area contributed by atoms with E-state index in [1.165, 1.54) is 17.1 Å². The maximum Gasteiger partial charge on any atom is 0.360 e. The number of nitrogens with zero attached hydrogens (tertiary/aromatic N) is 3. The Bertz CT molecular complexity index is 1020. The van der Waals surface area contributed by atoms with Gasteiger partial charge in [0.05, 0.1) is 28.9 Å². The Labute approximate surface area is 172 Å². The Morgan fingerprint density at radius 3 is 2.69 bits per heavy atom. The molecule has 0 bridgehead atoms. The number of amides is 1. The normalized spacial score (nSPS) is 15.4. The second kappa shape index (κ2) is 8.63. The summed E-state index contributed by atoms with van der Waals surface area (Å²) in [7, 11) is 0. The molecule has 9 heteroatoms. The third-order valence-electron chi connectivity index (χ3n) is 4.13. The fourth-order valence-corrected chi connectivity index (χ4v) is 3.07. The van der Waals surface area contributed by atoms with Gasteiger partial charge in [-0.15, -0.1) is 0 Å². The molecule has 1 amide bonds. The molecule has 0 fully saturated rings. The SMILES string of the molecule is CCOc1cc(C#N)cc(Cl)c1OC(=O)C1=NN(c2ccccc2)C(C(N)=O)C1. The van der Waals surface area contributed by atoms with Crippen LogP contribution in [0.5, 0.6) is 11.5 Å². The van der Waals surface area contributed by atoms with Gasteiger partial charge >= 0.3 is 5.97 Å². The lowest BCUT2D eigenvalue weighted by Gasteiger charge is -2.20. The summed E-state index contributed by atoms with van der Waals surface area (Å²) in [6, 6.07) is 12.8. The molecule has 2 aromatic carbocycles. The summed E-state index contributed by atoms with van der Waals surface area (Å²) in [5, 5.41) is 14.8. The van der Waals surface area contributed by atoms with Crippen molar-refractivity contribution in [3.8, 4) is 17.6 Å². The third kappa shape index (κ3) is 4.31. The molecule has 2 N–H and O–H groups in total. The van der Waals surface area contributed by atoms with Crippen molar-refractivity contribution in [2.75, 3.05) is 11.6 Å². The van der Waals surface area contributed by atoms with Crippen LogP contribution in [0.4, 0.5) is 5.69 Å². The van der Waals surface area contributed by atoms with Crippen LogP contribution in [0, 0.1) is 11.3 Å². The molecule has 1 unspecified atom stereocenters. The number of hydrazone groups is 1. The number of nitrogens with two attached hydrogens (primary N) is 1. The van der Waals surface area contributed by atoms with Crippen molar-refractivity contribution in [3.05, 3.63) is 53.1 Å². The average Bonchev–Trinajstić information content (AvgIpc) is 3.17. The van der Waals surface area contributed by atoms with Gasteiger partial charge in [0.2, 0.25) is 5.91 Å². The van der Waals surface area contributed by atoms with Crippen LogP contribution in [0.15, 0.2) is 47.6 Å². The van der Waals surface area contributed by atoms with Crippen LogP contribution >= 0.6 is 11.6 Å². The Kier molecular flexibility index (Phi) is 6.00. The predicted octanol–water partition coefficient (Wildman–Crippen LogP) is 2.64. The molecule has 29 heavy (non-hydrogen) atoms. The lowest BCUT2D eigenvalue weighted by molar-refractivity contribution is -0.127. The molecule has 0 aliphatic carbocycles. The van der Waals surface area contributed by atoms with Gasteiger partial charge in [-0.3, -0.25) is 9.80 Å². The summed E-state index contributed by atoms with van der Waals surface area (Å²) in [6.45, 7) is 2.02. The second-order valence-corrected chi connectivity index (χ2v) is 6.48. The molecule has 0 aromatic heterocycles. The summed E-state index contributed by atoms with van der Waals surface area (Å²) in [6.07, 6.45) is -0.0130. The topological polar surface area (TPSA) is 118 Å². The molecule has 1 aliphatic rings. The summed E-state index contributed by atoms with van der Waals surface area (Å²) < 4.78 is 10.8. The van der Waals surface area contributed by atoms with Crippen LogP contribution in [-0.2, 0) is 9.59 Å². The Morgan fingerprint density at radius 1 is 1.34 bits per heavy atom. The molecule has 2 aromatic rings. The number of carbonyl (C=O) groups is 2. The van der Waals surface area contributed by atoms with Crippen LogP contribution < -0.4 is 20.2 Å². The van der Waals surface area contributed by atoms with E-state index in [0.717, 1.165) is 0 Å². The van der Waals surface area contributed by atoms with Crippen LogP contribution in [0.3, 0.4) is 0 Å². The zero-order valence-electron chi connectivity index (χ0n) is 15.5. The lowest BCUT2D eigenvalue weighted by atomic mass is 10.1. The molecule has 1 heterocycles. The Hall–Kier alpha value is -3.57. The number of hydrogen-bond acceptors (Lipinski definition) is 7. The highest BCUT2D eigenvalue weighted by atomic mass is 35.5. The van der Waals surface area contributed by atoms with Gasteiger partial charge < -0.3 is 15.2 Å². The van der Waals surface area contributed by atoms with Crippen molar-refractivity contribution < 1.29 is 19.1 Å². The quantitative estimate of drug-likeness (QED) is 0.575. The lowest BCUT2D eigenvalue weighted by Crippen LogP contribution is -2.39. The van der Waals surface area contributed by atoms with Crippen molar-refractivity contribution in [2.45, 2.75) is 19.4 Å². The van der Waals surface area contributed by atoms with E-state index in [4.69, 9.17) is 32.1 Å². The summed E-state index contributed by atoms with van der Waals surface area (Å²) in [5.74, 6) is -1.27. The first kappa shape index (κ1) is 20.2. The number of hydrogen-bond donors (Lipinski definition) is 1. The smallest absolute Gasteiger partial charge is 0.360 e. The average molecular weight is 413 g/mol. The number of nitriles is 1. The first-order valence-corrected chi connectivity index (χ1v) is 9.12. The third-order valence-corrected chi connectivity index (χ3v) is 4.41. The predicted molar refractivity (Wildman–Crippen MR) is 107 cm³/mol. The van der Waals surface area contributed by atoms with E-state index >= 15 is 0 Å². The largest absolute Gasteiger partial charge is 0.490 e. The van der Waals surface area contributed by atoms with Crippen LogP contribution in [0.1, 0.15) is 18.9 Å². The highest BCUT2D eigenvalue weighted by Gasteiger charge is 2.36. The van der Waals surface area contributed by atoms with E-state index in [-0.39, 0.29) is 40.8 Å². The van der Waals surface area contributed by atoms with E-state index in [9.17, 15) is 9.59 Å². The number of rotatable bonds is 6. The summed E-state index contributed by atoms with van der Waals surface area (Å²) in [4.78, 5) is 24.6. The fraction of sp³-hybridized carbons (Fsp3) is 0.200. The Morgan fingerprint density at radius 2 is 2.07 bits per heavy atom. The molecule has 0 saturated carbocycles. The van der Waals surface area contributed by atoms with Crippen LogP contribution in [0.2, 0.25) is 5.02 Å². The minimum Gasteiger partial charge on any atom is -0.490 e. The first-order valence-electron chi connectivity index (χ1n) is 8.74. The molecule has 0 saturated heterocycles. The molecular formula is C20H17ClN4O4. The Balaban J connectivity index is 1.90. The molecule has 0 spiro atoms. The summed E-state index contributed by atoms with van der Waals surface area (Å²) >= 11 is 6.17. The number of benzene rings is 2. The van der Waals surface area contributed by atoms with Crippen molar-refractivity contribution >= 4 is 34.9 Å². The van der Waals surface area contributed by atoms with Crippen LogP contribution in [-0.4, -0.2) is 30.2 Å². The number of para-hydroxylation sites is 1. The second-order valence-electron chi connectivity index (χ2n) is 6.07. The van der Waals surface area contributed by atoms with E-state index in [0.29, 0.717) is 5.69 Å². The molecule has 1 atom stereocenters. The monoisotopic (exact) mass is 412 g/mol. The number of carbonyl (C=O) groups excluding carboxylic acids is 2. The van der Waals surface area contributed by atoms with E-state index in [1.54, 1.807) is 31.2 Å². The molecule has 3 rings (SSSR count). The molecule has 8 nitrogen and oxygen atoms in total. The number of anilines is 1. The molecular weight excluding hydrogens is 396 g/mol. The standard InChI is InChI=1S/C20H17ClN4O4/c1-2-28-17-9-12(11-22)8-14(21)18(17)29-20(27)15-10-16(19(23)26)25(24-15)13-6-4-3-5-7-13/h3-9,16H,2,10H2,1H3,(H2,23,26). The first-order chi connectivity index (χ1) is 13.9. The van der Waals surface area contributed by atoms with Crippen molar-refractivity contribution in [2.24, 2.45) is 10.8 Å². The van der Waals surface area contributed by atoms with Gasteiger partial charge in [-0.2, -0.15) is 10.4 Å². The van der Waals surface area contributed by atoms with E-state index in [1.807, 2.05) is 12.1 Å². The van der Waals surface area contributed by atoms with E-state index in [2.05, 4.69) is 5.10 Å². The van der Waals surface area contributed by atoms with Gasteiger partial charge in [0.15, 0.2) is 11.5 Å². The number of ether oxygens (including phenoxy) is 2. The van der Waals surface area contributed by atoms with Gasteiger partial charge in [0.25, 0.3) is 0 Å². The van der Waals surface area contributed by atoms with E-state index < -0.39 is 17.9 Å². The fourth-order valence-electron chi connectivity index (χ4n) is 2.82. The minimum absolute atomic E-state index is 0.0130. The van der Waals surface area contributed by atoms with Gasteiger partial charge in [-0.25, -0.2) is 4.79 Å². The van der Waals surface area contributed by atoms with Gasteiger partial charge in [0, 0.05) is 12.5 Å². The zero-order chi connectivity index (χ0) is 21.0. The van der Waals surface area contributed by atoms with Crippen LogP contribution in [0.25, 0.3) is 0 Å².